The molecular formula is C14H20N6O. The van der Waals surface area contributed by atoms with E-state index in [0.717, 1.165) is 29.3 Å². The molecule has 0 aliphatic carbocycles. The van der Waals surface area contributed by atoms with Gasteiger partial charge in [-0.1, -0.05) is 0 Å². The highest BCUT2D eigenvalue weighted by molar-refractivity contribution is 5.66. The molecule has 7 nitrogen and oxygen atoms in total. The van der Waals surface area contributed by atoms with Crippen molar-refractivity contribution < 1.29 is 4.74 Å². The maximum atomic E-state index is 5.80. The van der Waals surface area contributed by atoms with Crippen LogP contribution in [-0.4, -0.2) is 45.8 Å². The SMILES string of the molecule is CC1COCCN1c1cc(-c2ccnn2C)c(CN)nn1. The Morgan fingerprint density at radius 1 is 1.43 bits per heavy atom. The Bertz CT molecular complexity index is 626. The molecule has 1 aliphatic rings. The summed E-state index contributed by atoms with van der Waals surface area (Å²) < 4.78 is 7.30. The molecule has 0 amide bonds. The number of aromatic nitrogens is 4. The molecule has 0 spiro atoms. The highest BCUT2D eigenvalue weighted by atomic mass is 16.5. The summed E-state index contributed by atoms with van der Waals surface area (Å²) in [5, 5.41) is 12.9. The van der Waals surface area contributed by atoms with Gasteiger partial charge in [0.25, 0.3) is 0 Å². The Morgan fingerprint density at radius 2 is 2.29 bits per heavy atom. The summed E-state index contributed by atoms with van der Waals surface area (Å²) in [4.78, 5) is 2.22. The van der Waals surface area contributed by atoms with Gasteiger partial charge in [0.15, 0.2) is 5.82 Å². The zero-order valence-electron chi connectivity index (χ0n) is 12.4. The van der Waals surface area contributed by atoms with E-state index in [0.29, 0.717) is 19.8 Å². The Balaban J connectivity index is 2.02. The lowest BCUT2D eigenvalue weighted by Crippen LogP contribution is -2.44. The number of hydrogen-bond donors (Lipinski definition) is 1. The van der Waals surface area contributed by atoms with Crippen molar-refractivity contribution in [2.24, 2.45) is 12.8 Å². The molecular weight excluding hydrogens is 268 g/mol. The Morgan fingerprint density at radius 3 is 2.95 bits per heavy atom. The maximum absolute atomic E-state index is 5.80. The van der Waals surface area contributed by atoms with E-state index in [1.165, 1.54) is 0 Å². The fourth-order valence-electron chi connectivity index (χ4n) is 2.63. The van der Waals surface area contributed by atoms with E-state index in [-0.39, 0.29) is 6.04 Å². The van der Waals surface area contributed by atoms with Gasteiger partial charge >= 0.3 is 0 Å². The van der Waals surface area contributed by atoms with Crippen molar-refractivity contribution in [1.29, 1.82) is 0 Å². The number of nitrogens with two attached hydrogens (primary N) is 1. The minimum absolute atomic E-state index is 0.288. The van der Waals surface area contributed by atoms with Gasteiger partial charge < -0.3 is 15.4 Å². The molecule has 21 heavy (non-hydrogen) atoms. The lowest BCUT2D eigenvalue weighted by Gasteiger charge is -2.34. The van der Waals surface area contributed by atoms with Gasteiger partial charge in [0.05, 0.1) is 30.6 Å². The molecule has 2 aromatic heterocycles. The second kappa shape index (κ2) is 5.79. The predicted molar refractivity (Wildman–Crippen MR) is 79.8 cm³/mol. The maximum Gasteiger partial charge on any atom is 0.152 e. The highest BCUT2D eigenvalue weighted by Gasteiger charge is 2.22. The van der Waals surface area contributed by atoms with Crippen molar-refractivity contribution in [2.45, 2.75) is 19.5 Å². The van der Waals surface area contributed by atoms with Crippen molar-refractivity contribution >= 4 is 5.82 Å². The van der Waals surface area contributed by atoms with Crippen LogP contribution in [0.2, 0.25) is 0 Å². The van der Waals surface area contributed by atoms with E-state index in [1.807, 2.05) is 23.9 Å². The van der Waals surface area contributed by atoms with Crippen LogP contribution in [0.4, 0.5) is 5.82 Å². The molecule has 3 heterocycles. The Kier molecular flexibility index (Phi) is 3.85. The van der Waals surface area contributed by atoms with Gasteiger partial charge in [-0.25, -0.2) is 0 Å². The minimum Gasteiger partial charge on any atom is -0.377 e. The lowest BCUT2D eigenvalue weighted by molar-refractivity contribution is 0.0984. The second-order valence-corrected chi connectivity index (χ2v) is 5.22. The Labute approximate surface area is 123 Å². The van der Waals surface area contributed by atoms with Gasteiger partial charge in [0, 0.05) is 31.9 Å². The fraction of sp³-hybridized carbons (Fsp3) is 0.500. The smallest absolute Gasteiger partial charge is 0.152 e. The van der Waals surface area contributed by atoms with Gasteiger partial charge in [-0.3, -0.25) is 4.68 Å². The highest BCUT2D eigenvalue weighted by Crippen LogP contribution is 2.26. The molecule has 112 valence electrons. The van der Waals surface area contributed by atoms with Crippen molar-refractivity contribution in [2.75, 3.05) is 24.7 Å². The fourth-order valence-corrected chi connectivity index (χ4v) is 2.63. The number of rotatable bonds is 3. The monoisotopic (exact) mass is 288 g/mol. The number of hydrogen-bond acceptors (Lipinski definition) is 6. The molecule has 3 rings (SSSR count). The average molecular weight is 288 g/mol. The van der Waals surface area contributed by atoms with E-state index in [9.17, 15) is 0 Å². The number of nitrogens with zero attached hydrogens (tertiary/aromatic N) is 5. The van der Waals surface area contributed by atoms with Crippen molar-refractivity contribution in [1.82, 2.24) is 20.0 Å². The van der Waals surface area contributed by atoms with Crippen LogP contribution in [0.1, 0.15) is 12.6 Å². The second-order valence-electron chi connectivity index (χ2n) is 5.22. The molecule has 1 saturated heterocycles. The first kappa shape index (κ1) is 14.0. The van der Waals surface area contributed by atoms with E-state index in [4.69, 9.17) is 10.5 Å². The van der Waals surface area contributed by atoms with Crippen LogP contribution >= 0.6 is 0 Å². The molecule has 2 aromatic rings. The van der Waals surface area contributed by atoms with Crippen molar-refractivity contribution in [3.63, 3.8) is 0 Å². The van der Waals surface area contributed by atoms with Crippen molar-refractivity contribution in [3.8, 4) is 11.3 Å². The predicted octanol–water partition coefficient (Wildman–Crippen LogP) is 0.561. The standard InChI is InChI=1S/C14H20N6O/c1-10-9-21-6-5-20(10)14-7-11(12(8-15)17-18-14)13-3-4-16-19(13)2/h3-4,7,10H,5-6,8-9,15H2,1-2H3. The third-order valence-corrected chi connectivity index (χ3v) is 3.81. The van der Waals surface area contributed by atoms with Crippen LogP contribution in [0.25, 0.3) is 11.3 Å². The largest absolute Gasteiger partial charge is 0.377 e. The van der Waals surface area contributed by atoms with E-state index in [1.54, 1.807) is 6.20 Å². The van der Waals surface area contributed by atoms with Crippen LogP contribution in [0.5, 0.6) is 0 Å². The zero-order chi connectivity index (χ0) is 14.8. The Hall–Kier alpha value is -1.99. The number of aryl methyl sites for hydroxylation is 1. The summed E-state index contributed by atoms with van der Waals surface area (Å²) in [7, 11) is 1.91. The van der Waals surface area contributed by atoms with Crippen LogP contribution in [0, 0.1) is 0 Å². The molecule has 0 saturated carbocycles. The number of morpholine rings is 1. The molecule has 1 atom stereocenters. The molecule has 0 bridgehead atoms. The van der Waals surface area contributed by atoms with Crippen LogP contribution in [0.3, 0.4) is 0 Å². The first-order valence-electron chi connectivity index (χ1n) is 7.10. The van der Waals surface area contributed by atoms with Gasteiger partial charge in [-0.05, 0) is 19.1 Å². The molecule has 1 fully saturated rings. The first-order chi connectivity index (χ1) is 10.2. The first-order valence-corrected chi connectivity index (χ1v) is 7.10. The van der Waals surface area contributed by atoms with Crippen LogP contribution in [0.15, 0.2) is 18.3 Å². The van der Waals surface area contributed by atoms with Crippen LogP contribution < -0.4 is 10.6 Å². The summed E-state index contributed by atoms with van der Waals surface area (Å²) in [6.45, 7) is 4.73. The van der Waals surface area contributed by atoms with E-state index >= 15 is 0 Å². The molecule has 2 N–H and O–H groups in total. The van der Waals surface area contributed by atoms with Gasteiger partial charge in [-0.15, -0.1) is 5.10 Å². The molecule has 1 unspecified atom stereocenters. The van der Waals surface area contributed by atoms with Crippen molar-refractivity contribution in [3.05, 3.63) is 24.0 Å². The normalized spacial score (nSPS) is 19.0. The van der Waals surface area contributed by atoms with Gasteiger partial charge in [-0.2, -0.15) is 10.2 Å². The third kappa shape index (κ3) is 2.62. The van der Waals surface area contributed by atoms with Crippen LogP contribution in [-0.2, 0) is 18.3 Å². The summed E-state index contributed by atoms with van der Waals surface area (Å²) in [5.74, 6) is 0.860. The zero-order valence-corrected chi connectivity index (χ0v) is 12.4. The summed E-state index contributed by atoms with van der Waals surface area (Å²) in [6, 6.07) is 4.30. The summed E-state index contributed by atoms with van der Waals surface area (Å²) in [5.41, 5.74) is 8.56. The van der Waals surface area contributed by atoms with Gasteiger partial charge in [0.1, 0.15) is 0 Å². The molecule has 0 radical (unpaired) electrons. The summed E-state index contributed by atoms with van der Waals surface area (Å²) >= 11 is 0. The molecule has 7 heteroatoms. The number of anilines is 1. The lowest BCUT2D eigenvalue weighted by atomic mass is 10.1. The van der Waals surface area contributed by atoms with E-state index in [2.05, 4.69) is 27.1 Å². The summed E-state index contributed by atoms with van der Waals surface area (Å²) in [6.07, 6.45) is 1.77. The topological polar surface area (TPSA) is 82.1 Å². The number of ether oxygens (including phenoxy) is 1. The quantitative estimate of drug-likeness (QED) is 0.888. The average Bonchev–Trinajstić information content (AvgIpc) is 2.93. The minimum atomic E-state index is 0.288. The molecule has 0 aromatic carbocycles. The van der Waals surface area contributed by atoms with Gasteiger partial charge in [0.2, 0.25) is 0 Å². The van der Waals surface area contributed by atoms with E-state index < -0.39 is 0 Å². The molecule has 1 aliphatic heterocycles. The third-order valence-electron chi connectivity index (χ3n) is 3.81.